The van der Waals surface area contributed by atoms with E-state index < -0.39 is 35.5 Å². The zero-order valence-corrected chi connectivity index (χ0v) is 19.5. The smallest absolute Gasteiger partial charge is 0.424 e. The van der Waals surface area contributed by atoms with Crippen molar-refractivity contribution in [2.45, 2.75) is 49.7 Å². The molecule has 2 aliphatic rings. The third-order valence-corrected chi connectivity index (χ3v) is 7.13. The molecule has 4 atom stereocenters. The van der Waals surface area contributed by atoms with E-state index in [4.69, 9.17) is 4.74 Å². The fourth-order valence-corrected chi connectivity index (χ4v) is 5.04. The molecule has 0 radical (unpaired) electrons. The number of aliphatic hydroxyl groups is 1. The summed E-state index contributed by atoms with van der Waals surface area (Å²) in [6.07, 6.45) is -7.50. The summed E-state index contributed by atoms with van der Waals surface area (Å²) in [5, 5.41) is 10.2. The van der Waals surface area contributed by atoms with E-state index in [1.165, 1.54) is 17.0 Å². The molecule has 3 aromatic carbocycles. The van der Waals surface area contributed by atoms with E-state index in [1.54, 1.807) is 19.1 Å². The van der Waals surface area contributed by atoms with Gasteiger partial charge in [-0.25, -0.2) is 4.39 Å². The van der Waals surface area contributed by atoms with Gasteiger partial charge in [0.1, 0.15) is 11.9 Å². The first kappa shape index (κ1) is 24.3. The molecule has 0 saturated carbocycles. The molecule has 36 heavy (non-hydrogen) atoms. The molecule has 1 aliphatic carbocycles. The number of halogens is 4. The molecular formula is C28H25F4NO3. The monoisotopic (exact) mass is 499 g/mol. The lowest BCUT2D eigenvalue weighted by atomic mass is 9.70. The van der Waals surface area contributed by atoms with Crippen molar-refractivity contribution < 1.29 is 32.2 Å². The Labute approximate surface area is 206 Å². The fraction of sp³-hybridized carbons (Fsp3) is 0.321. The van der Waals surface area contributed by atoms with Gasteiger partial charge >= 0.3 is 6.18 Å². The summed E-state index contributed by atoms with van der Waals surface area (Å²) in [5.74, 6) is -0.210. The van der Waals surface area contributed by atoms with Gasteiger partial charge in [0, 0.05) is 11.3 Å². The average Bonchev–Trinajstić information content (AvgIpc) is 3.06. The first-order valence-corrected chi connectivity index (χ1v) is 11.8. The molecule has 0 saturated heterocycles. The number of benzene rings is 3. The van der Waals surface area contributed by atoms with Crippen LogP contribution < -0.4 is 9.64 Å². The number of amides is 1. The molecule has 3 aromatic rings. The molecule has 188 valence electrons. The maximum Gasteiger partial charge on any atom is 0.424 e. The summed E-state index contributed by atoms with van der Waals surface area (Å²) in [5.41, 5.74) is -2.71. The number of anilines is 1. The normalized spacial score (nSPS) is 24.1. The maximum absolute atomic E-state index is 14.7. The van der Waals surface area contributed by atoms with Crippen LogP contribution in [0.3, 0.4) is 0 Å². The molecule has 0 fully saturated rings. The Hall–Kier alpha value is -3.39. The van der Waals surface area contributed by atoms with E-state index in [0.29, 0.717) is 29.8 Å². The molecule has 0 spiro atoms. The highest BCUT2D eigenvalue weighted by atomic mass is 19.4. The molecule has 4 nitrogen and oxygen atoms in total. The number of rotatable bonds is 4. The summed E-state index contributed by atoms with van der Waals surface area (Å²) in [7, 11) is 0. The number of hydrogen-bond acceptors (Lipinski definition) is 3. The molecule has 2 unspecified atom stereocenters. The highest BCUT2D eigenvalue weighted by Crippen LogP contribution is 2.60. The van der Waals surface area contributed by atoms with Crippen LogP contribution in [0.1, 0.15) is 47.7 Å². The van der Waals surface area contributed by atoms with Crippen LogP contribution in [-0.2, 0) is 16.8 Å². The number of ether oxygens (including phenoxy) is 1. The summed E-state index contributed by atoms with van der Waals surface area (Å²) in [6.45, 7) is 1.91. The zero-order chi connectivity index (χ0) is 25.7. The number of carbonyl (C=O) groups is 1. The molecule has 1 aliphatic heterocycles. The van der Waals surface area contributed by atoms with E-state index in [0.717, 1.165) is 5.56 Å². The van der Waals surface area contributed by atoms with Gasteiger partial charge in [0.05, 0.1) is 12.5 Å². The van der Waals surface area contributed by atoms with E-state index >= 15 is 0 Å². The van der Waals surface area contributed by atoms with Gasteiger partial charge in [-0.3, -0.25) is 4.79 Å². The Morgan fingerprint density at radius 3 is 2.36 bits per heavy atom. The molecule has 8 heteroatoms. The number of fused-ring (bicyclic) bond motifs is 2. The Kier molecular flexibility index (Phi) is 6.03. The van der Waals surface area contributed by atoms with Crippen LogP contribution in [-0.4, -0.2) is 29.8 Å². The predicted molar refractivity (Wildman–Crippen MR) is 127 cm³/mol. The summed E-state index contributed by atoms with van der Waals surface area (Å²) in [4.78, 5) is 15.2. The van der Waals surface area contributed by atoms with Crippen molar-refractivity contribution in [3.05, 3.63) is 95.1 Å². The molecule has 1 N–H and O–H groups in total. The van der Waals surface area contributed by atoms with Gasteiger partial charge in [0.2, 0.25) is 11.5 Å². The molecule has 5 rings (SSSR count). The Morgan fingerprint density at radius 1 is 1.08 bits per heavy atom. The van der Waals surface area contributed by atoms with Gasteiger partial charge in [-0.1, -0.05) is 48.5 Å². The van der Waals surface area contributed by atoms with Crippen molar-refractivity contribution >= 4 is 11.6 Å². The Bertz CT molecular complexity index is 1270. The zero-order valence-electron chi connectivity index (χ0n) is 19.5. The van der Waals surface area contributed by atoms with Gasteiger partial charge in [-0.2, -0.15) is 13.2 Å². The first-order chi connectivity index (χ1) is 17.1. The minimum atomic E-state index is -5.16. The van der Waals surface area contributed by atoms with Crippen molar-refractivity contribution in [1.82, 2.24) is 0 Å². The minimum Gasteiger partial charge on any atom is -0.489 e. The average molecular weight is 500 g/mol. The molecule has 1 heterocycles. The van der Waals surface area contributed by atoms with Crippen molar-refractivity contribution in [2.75, 3.05) is 11.4 Å². The summed E-state index contributed by atoms with van der Waals surface area (Å²) in [6, 6.07) is 20.7. The van der Waals surface area contributed by atoms with E-state index in [2.05, 4.69) is 0 Å². The van der Waals surface area contributed by atoms with Crippen LogP contribution >= 0.6 is 0 Å². The largest absolute Gasteiger partial charge is 0.489 e. The van der Waals surface area contributed by atoms with Crippen LogP contribution in [0.5, 0.6) is 5.75 Å². The van der Waals surface area contributed by atoms with Crippen molar-refractivity contribution in [1.29, 1.82) is 0 Å². The van der Waals surface area contributed by atoms with Gasteiger partial charge < -0.3 is 14.7 Å². The van der Waals surface area contributed by atoms with Crippen LogP contribution in [0.25, 0.3) is 0 Å². The molecule has 1 amide bonds. The predicted octanol–water partition coefficient (Wildman–Crippen LogP) is 5.99. The van der Waals surface area contributed by atoms with Crippen molar-refractivity contribution in [3.63, 3.8) is 0 Å². The summed E-state index contributed by atoms with van der Waals surface area (Å²) < 4.78 is 61.5. The lowest BCUT2D eigenvalue weighted by molar-refractivity contribution is -0.302. The van der Waals surface area contributed by atoms with Gasteiger partial charge in [-0.05, 0) is 60.7 Å². The van der Waals surface area contributed by atoms with E-state index in [9.17, 15) is 27.5 Å². The first-order valence-electron chi connectivity index (χ1n) is 11.8. The highest BCUT2D eigenvalue weighted by Gasteiger charge is 2.68. The molecular weight excluding hydrogens is 474 g/mol. The van der Waals surface area contributed by atoms with Crippen molar-refractivity contribution in [2.24, 2.45) is 0 Å². The van der Waals surface area contributed by atoms with E-state index in [1.807, 2.05) is 48.5 Å². The number of aryl methyl sites for hydroxylation is 1. The summed E-state index contributed by atoms with van der Waals surface area (Å²) >= 11 is 0. The van der Waals surface area contributed by atoms with Crippen LogP contribution in [0.15, 0.2) is 72.8 Å². The fourth-order valence-electron chi connectivity index (χ4n) is 5.04. The molecule has 0 bridgehead atoms. The van der Waals surface area contributed by atoms with Crippen LogP contribution in [0.4, 0.5) is 23.2 Å². The Morgan fingerprint density at radius 2 is 1.72 bits per heavy atom. The van der Waals surface area contributed by atoms with Crippen molar-refractivity contribution in [3.8, 4) is 5.75 Å². The van der Waals surface area contributed by atoms with Crippen LogP contribution in [0.2, 0.25) is 0 Å². The van der Waals surface area contributed by atoms with Gasteiger partial charge in [0.25, 0.3) is 0 Å². The second kappa shape index (κ2) is 8.92. The van der Waals surface area contributed by atoms with Gasteiger partial charge in [-0.15, -0.1) is 0 Å². The highest BCUT2D eigenvalue weighted by molar-refractivity contribution is 5.99. The lowest BCUT2D eigenvalue weighted by Crippen LogP contribution is -2.53. The lowest BCUT2D eigenvalue weighted by Gasteiger charge is -2.44. The standard InChI is InChI=1S/C28H25F4NO3/c1-17(18-8-4-2-5-9-18)26(34)33-16-21(36-20-10-6-3-7-11-20)13-12-19-14-23-22(15-24(19)33)25(29)27(23,35)28(30,31)32/h2-11,14-15,17,21,25,35H,12-13,16H2,1H3/t17-,21-,25?,27?/m0/s1. The SMILES string of the molecule is C[C@H](C(=O)N1C[C@@H](Oc2ccccc2)CCc2cc3c(cc21)C(F)C3(O)C(F)(F)F)c1ccccc1. The second-order valence-corrected chi connectivity index (χ2v) is 9.37. The quantitative estimate of drug-likeness (QED) is 0.449. The van der Waals surface area contributed by atoms with Crippen LogP contribution in [0, 0.1) is 0 Å². The minimum absolute atomic E-state index is 0.150. The van der Waals surface area contributed by atoms with Gasteiger partial charge in [0.15, 0.2) is 6.17 Å². The number of carbonyl (C=O) groups excluding carboxylic acids is 1. The number of hydrogen-bond donors (Lipinski definition) is 1. The maximum atomic E-state index is 14.7. The topological polar surface area (TPSA) is 49.8 Å². The number of nitrogens with zero attached hydrogens (tertiary/aromatic N) is 1. The third kappa shape index (κ3) is 3.93. The Balaban J connectivity index is 1.55. The molecule has 0 aromatic heterocycles. The third-order valence-electron chi connectivity index (χ3n) is 7.13. The van der Waals surface area contributed by atoms with E-state index in [-0.39, 0.29) is 18.0 Å². The number of para-hydroxylation sites is 1. The number of alkyl halides is 4. The second-order valence-electron chi connectivity index (χ2n) is 9.37.